The fraction of sp³-hybridized carbons (Fsp3) is 0.231. The fourth-order valence-electron chi connectivity index (χ4n) is 3.56. The predicted molar refractivity (Wildman–Crippen MR) is 135 cm³/mol. The number of benzene rings is 3. The van der Waals surface area contributed by atoms with Gasteiger partial charge in [-0.25, -0.2) is 8.42 Å². The second kappa shape index (κ2) is 12.3. The molecule has 0 spiro atoms. The highest BCUT2D eigenvalue weighted by Gasteiger charge is 2.31. The monoisotopic (exact) mass is 512 g/mol. The molecule has 0 aromatic heterocycles. The first-order valence-corrected chi connectivity index (χ1v) is 12.5. The van der Waals surface area contributed by atoms with Crippen molar-refractivity contribution in [3.8, 4) is 11.5 Å². The van der Waals surface area contributed by atoms with Crippen LogP contribution >= 0.6 is 0 Å². The van der Waals surface area contributed by atoms with Crippen LogP contribution < -0.4 is 9.47 Å². The number of sulfonamides is 1. The molecule has 0 fully saturated rings. The topological polar surface area (TPSA) is 108 Å². The fourth-order valence-corrected chi connectivity index (χ4v) is 5.06. The van der Waals surface area contributed by atoms with E-state index in [4.69, 9.17) is 14.2 Å². The summed E-state index contributed by atoms with van der Waals surface area (Å²) in [5.41, 5.74) is 1.49. The summed E-state index contributed by atoms with van der Waals surface area (Å²) >= 11 is 0. The van der Waals surface area contributed by atoms with Gasteiger partial charge in [0.25, 0.3) is 5.69 Å². The molecule has 1 atom stereocenters. The summed E-state index contributed by atoms with van der Waals surface area (Å²) in [6, 6.07) is 19.5. The first kappa shape index (κ1) is 26.9. The molecular weight excluding hydrogens is 484 g/mol. The normalized spacial score (nSPS) is 12.2. The molecule has 190 valence electrons. The largest absolute Gasteiger partial charge is 0.493 e. The predicted octanol–water partition coefficient (Wildman–Crippen LogP) is 4.57. The van der Waals surface area contributed by atoms with Crippen LogP contribution in [-0.2, 0) is 27.8 Å². The average molecular weight is 513 g/mol. The Labute approximate surface area is 210 Å². The van der Waals surface area contributed by atoms with Gasteiger partial charge in [-0.1, -0.05) is 43.0 Å². The third kappa shape index (κ3) is 6.48. The molecule has 0 N–H and O–H groups in total. The molecule has 0 bridgehead atoms. The Balaban J connectivity index is 1.91. The molecule has 36 heavy (non-hydrogen) atoms. The van der Waals surface area contributed by atoms with E-state index < -0.39 is 21.2 Å². The number of hydrogen-bond donors (Lipinski definition) is 0. The van der Waals surface area contributed by atoms with Gasteiger partial charge in [-0.05, 0) is 47.9 Å². The van der Waals surface area contributed by atoms with Crippen LogP contribution in [0.5, 0.6) is 11.5 Å². The summed E-state index contributed by atoms with van der Waals surface area (Å²) in [6.45, 7) is 4.01. The number of methoxy groups -OCH3 is 2. The molecule has 0 radical (unpaired) electrons. The Morgan fingerprint density at radius 2 is 1.64 bits per heavy atom. The molecule has 0 aliphatic rings. The van der Waals surface area contributed by atoms with Crippen LogP contribution in [-0.4, -0.2) is 44.6 Å². The number of ether oxygens (including phenoxy) is 3. The summed E-state index contributed by atoms with van der Waals surface area (Å²) in [6.07, 6.45) is 0.775. The summed E-state index contributed by atoms with van der Waals surface area (Å²) in [4.78, 5) is 10.4. The van der Waals surface area contributed by atoms with Gasteiger partial charge in [0.2, 0.25) is 10.0 Å². The molecule has 0 amide bonds. The number of nitrogens with zero attached hydrogens (tertiary/aromatic N) is 2. The van der Waals surface area contributed by atoms with Crippen LogP contribution in [0.2, 0.25) is 0 Å². The summed E-state index contributed by atoms with van der Waals surface area (Å²) in [7, 11) is -1.04. The molecule has 1 unspecified atom stereocenters. The van der Waals surface area contributed by atoms with Gasteiger partial charge < -0.3 is 14.2 Å². The highest BCUT2D eigenvalue weighted by Crippen LogP contribution is 2.29. The Kier molecular flexibility index (Phi) is 9.18. The summed E-state index contributed by atoms with van der Waals surface area (Å²) < 4.78 is 45.1. The van der Waals surface area contributed by atoms with Gasteiger partial charge in [0, 0.05) is 18.7 Å². The van der Waals surface area contributed by atoms with Gasteiger partial charge in [-0.15, -0.1) is 0 Å². The van der Waals surface area contributed by atoms with Gasteiger partial charge >= 0.3 is 0 Å². The zero-order valence-electron chi connectivity index (χ0n) is 20.1. The Bertz CT molecular complexity index is 1280. The average Bonchev–Trinajstić information content (AvgIpc) is 2.90. The number of hydrogen-bond acceptors (Lipinski definition) is 7. The molecule has 0 saturated heterocycles. The van der Waals surface area contributed by atoms with Crippen LogP contribution in [0.3, 0.4) is 0 Å². The van der Waals surface area contributed by atoms with Crippen LogP contribution in [0, 0.1) is 10.1 Å². The highest BCUT2D eigenvalue weighted by molar-refractivity contribution is 7.89. The van der Waals surface area contributed by atoms with E-state index in [1.165, 1.54) is 36.7 Å². The van der Waals surface area contributed by atoms with Gasteiger partial charge in [0.1, 0.15) is 6.23 Å². The van der Waals surface area contributed by atoms with Crippen LogP contribution in [0.1, 0.15) is 11.1 Å². The summed E-state index contributed by atoms with van der Waals surface area (Å²) in [5.74, 6) is 1.09. The standard InChI is InChI=1S/C26H28N2O7S/c1-4-26(35-19-21-8-6-5-7-9-21)27(17-16-20-10-15-24(33-2)25(18-20)34-3)36(31,32)23-13-11-22(12-14-23)28(29)30/h4-15,18,26H,1,16-17,19H2,2-3H3. The smallest absolute Gasteiger partial charge is 0.269 e. The van der Waals surface area contributed by atoms with Crippen LogP contribution in [0.15, 0.2) is 90.3 Å². The van der Waals surface area contributed by atoms with Crippen LogP contribution in [0.4, 0.5) is 5.69 Å². The lowest BCUT2D eigenvalue weighted by atomic mass is 10.1. The quantitative estimate of drug-likeness (QED) is 0.143. The first-order chi connectivity index (χ1) is 17.3. The minimum atomic E-state index is -4.10. The third-order valence-electron chi connectivity index (χ3n) is 5.47. The van der Waals surface area contributed by atoms with Crippen molar-refractivity contribution in [1.82, 2.24) is 4.31 Å². The van der Waals surface area contributed by atoms with E-state index in [2.05, 4.69) is 6.58 Å². The van der Waals surface area contributed by atoms with E-state index in [0.717, 1.165) is 23.3 Å². The number of nitro groups is 1. The molecule has 3 aromatic carbocycles. The maximum atomic E-state index is 13.7. The minimum Gasteiger partial charge on any atom is -0.493 e. The number of nitro benzene ring substituents is 1. The molecule has 3 aromatic rings. The Morgan fingerprint density at radius 1 is 0.972 bits per heavy atom. The summed E-state index contributed by atoms with van der Waals surface area (Å²) in [5, 5.41) is 11.0. The molecule has 0 aliphatic heterocycles. The Hall–Kier alpha value is -3.73. The lowest BCUT2D eigenvalue weighted by Crippen LogP contribution is -2.42. The zero-order valence-corrected chi connectivity index (χ0v) is 20.9. The van der Waals surface area contributed by atoms with Gasteiger partial charge in [0.15, 0.2) is 11.5 Å². The van der Waals surface area contributed by atoms with Crippen molar-refractivity contribution in [2.45, 2.75) is 24.2 Å². The molecule has 3 rings (SSSR count). The molecule has 9 nitrogen and oxygen atoms in total. The van der Waals surface area contributed by atoms with Gasteiger partial charge in [-0.2, -0.15) is 4.31 Å². The molecule has 0 heterocycles. The van der Waals surface area contributed by atoms with Gasteiger partial charge in [0.05, 0.1) is 30.6 Å². The van der Waals surface area contributed by atoms with Crippen molar-refractivity contribution in [2.24, 2.45) is 0 Å². The molecule has 0 saturated carbocycles. The van der Waals surface area contributed by atoms with Crippen molar-refractivity contribution in [3.63, 3.8) is 0 Å². The van der Waals surface area contributed by atoms with E-state index >= 15 is 0 Å². The van der Waals surface area contributed by atoms with E-state index in [9.17, 15) is 18.5 Å². The van der Waals surface area contributed by atoms with Crippen LogP contribution in [0.25, 0.3) is 0 Å². The Morgan fingerprint density at radius 3 is 2.22 bits per heavy atom. The maximum absolute atomic E-state index is 13.7. The lowest BCUT2D eigenvalue weighted by Gasteiger charge is -2.29. The van der Waals surface area contributed by atoms with Crippen molar-refractivity contribution in [2.75, 3.05) is 20.8 Å². The second-order valence-electron chi connectivity index (χ2n) is 7.73. The van der Waals surface area contributed by atoms with E-state index in [-0.39, 0.29) is 23.7 Å². The second-order valence-corrected chi connectivity index (χ2v) is 9.62. The van der Waals surface area contributed by atoms with E-state index in [1.807, 2.05) is 36.4 Å². The lowest BCUT2D eigenvalue weighted by molar-refractivity contribution is -0.384. The van der Waals surface area contributed by atoms with Crippen molar-refractivity contribution in [3.05, 3.63) is 107 Å². The third-order valence-corrected chi connectivity index (χ3v) is 7.35. The zero-order chi connectivity index (χ0) is 26.1. The molecular formula is C26H28N2O7S. The molecule has 0 aliphatic carbocycles. The van der Waals surface area contributed by atoms with Crippen molar-refractivity contribution in [1.29, 1.82) is 0 Å². The van der Waals surface area contributed by atoms with Gasteiger partial charge in [-0.3, -0.25) is 10.1 Å². The molecule has 10 heteroatoms. The van der Waals surface area contributed by atoms with E-state index in [1.54, 1.807) is 12.1 Å². The number of rotatable bonds is 13. The van der Waals surface area contributed by atoms with Crippen molar-refractivity contribution >= 4 is 15.7 Å². The number of non-ortho nitro benzene ring substituents is 1. The minimum absolute atomic E-state index is 0.0558. The highest BCUT2D eigenvalue weighted by atomic mass is 32.2. The SMILES string of the molecule is C=CC(OCc1ccccc1)N(CCc1ccc(OC)c(OC)c1)S(=O)(=O)c1ccc([N+](=O)[O-])cc1. The van der Waals surface area contributed by atoms with Crippen molar-refractivity contribution < 1.29 is 27.6 Å². The van der Waals surface area contributed by atoms with E-state index in [0.29, 0.717) is 17.9 Å². The first-order valence-electron chi connectivity index (χ1n) is 11.1. The maximum Gasteiger partial charge on any atom is 0.269 e.